The lowest BCUT2D eigenvalue weighted by Crippen LogP contribution is -2.60. The molecular formula is C42H65N13O12S3. The second-order valence-electron chi connectivity index (χ2n) is 15.9. The van der Waals surface area contributed by atoms with Crippen LogP contribution in [0, 0.1) is 5.41 Å². The van der Waals surface area contributed by atoms with Crippen molar-refractivity contribution in [1.82, 2.24) is 53.2 Å². The highest BCUT2D eigenvalue weighted by Crippen LogP contribution is 2.24. The number of guanidine groups is 1. The number of carboxylic acid groups (broad SMARTS) is 1. The highest BCUT2D eigenvalue weighted by Gasteiger charge is 2.35. The van der Waals surface area contributed by atoms with Crippen molar-refractivity contribution >= 4 is 98.4 Å². The van der Waals surface area contributed by atoms with Crippen molar-refractivity contribution in [3.63, 3.8) is 0 Å². The molecule has 2 aliphatic rings. The summed E-state index contributed by atoms with van der Waals surface area (Å²) in [6.45, 7) is 2.02. The van der Waals surface area contributed by atoms with Crippen molar-refractivity contribution in [2.24, 2.45) is 11.5 Å². The van der Waals surface area contributed by atoms with Crippen LogP contribution < -0.4 is 64.6 Å². The third kappa shape index (κ3) is 22.3. The molecule has 0 unspecified atom stereocenters. The van der Waals surface area contributed by atoms with Crippen LogP contribution in [0.2, 0.25) is 0 Å². The number of amides is 9. The molecular weight excluding hydrogens is 975 g/mol. The average Bonchev–Trinajstić information content (AvgIpc) is 3.31. The molecule has 3 rings (SSSR count). The Labute approximate surface area is 417 Å². The van der Waals surface area contributed by atoms with E-state index in [-0.39, 0.29) is 80.9 Å². The molecule has 28 heteroatoms. The van der Waals surface area contributed by atoms with Gasteiger partial charge >= 0.3 is 5.97 Å². The Morgan fingerprint density at radius 3 is 1.94 bits per heavy atom. The van der Waals surface area contributed by atoms with Gasteiger partial charge in [0.05, 0.1) is 25.3 Å². The van der Waals surface area contributed by atoms with Gasteiger partial charge in [0.15, 0.2) is 5.96 Å². The van der Waals surface area contributed by atoms with Crippen LogP contribution in [-0.2, 0) is 59.1 Å². The van der Waals surface area contributed by atoms with Crippen LogP contribution in [0.15, 0.2) is 30.3 Å². The number of ether oxygens (including phenoxy) is 1. The van der Waals surface area contributed by atoms with Crippen molar-refractivity contribution in [1.29, 1.82) is 5.41 Å². The number of rotatable bonds is 17. The van der Waals surface area contributed by atoms with Gasteiger partial charge < -0.3 is 74.5 Å². The van der Waals surface area contributed by atoms with Crippen LogP contribution >= 0.6 is 33.3 Å². The Bertz CT molecular complexity index is 1970. The molecule has 25 nitrogen and oxygen atoms in total. The van der Waals surface area contributed by atoms with E-state index in [1.165, 1.54) is 0 Å². The van der Waals surface area contributed by atoms with Crippen LogP contribution in [-0.4, -0.2) is 175 Å². The maximum Gasteiger partial charge on any atom is 0.305 e. The molecule has 70 heavy (non-hydrogen) atoms. The fourth-order valence-corrected chi connectivity index (χ4v) is 9.89. The van der Waals surface area contributed by atoms with Crippen LogP contribution in [0.4, 0.5) is 0 Å². The minimum atomic E-state index is -1.77. The summed E-state index contributed by atoms with van der Waals surface area (Å²) < 4.78 is 5.33. The molecule has 2 fully saturated rings. The summed E-state index contributed by atoms with van der Waals surface area (Å²) in [5, 5.41) is 42.9. The van der Waals surface area contributed by atoms with E-state index >= 15 is 0 Å². The van der Waals surface area contributed by atoms with E-state index in [9.17, 15) is 53.1 Å². The van der Waals surface area contributed by atoms with Crippen molar-refractivity contribution in [3.8, 4) is 0 Å². The number of carboxylic acids is 1. The lowest BCUT2D eigenvalue weighted by Gasteiger charge is -2.27. The second-order valence-corrected chi connectivity index (χ2v) is 19.5. The third-order valence-electron chi connectivity index (χ3n) is 10.3. The number of hydrogen-bond donors (Lipinski definition) is 14. The molecule has 0 aromatic heterocycles. The highest BCUT2D eigenvalue weighted by molar-refractivity contribution is 8.76. The van der Waals surface area contributed by atoms with Crippen LogP contribution in [0.3, 0.4) is 0 Å². The first kappa shape index (κ1) is 58.5. The molecule has 0 aliphatic carbocycles. The molecule has 0 saturated carbocycles. The first-order chi connectivity index (χ1) is 33.5. The van der Waals surface area contributed by atoms with E-state index < -0.39 is 114 Å². The predicted molar refractivity (Wildman–Crippen MR) is 263 cm³/mol. The van der Waals surface area contributed by atoms with E-state index in [1.54, 1.807) is 37.3 Å². The summed E-state index contributed by atoms with van der Waals surface area (Å²) in [6, 6.07) is -1.28. The molecule has 9 amide bonds. The van der Waals surface area contributed by atoms with Gasteiger partial charge in [-0.15, -0.1) is 11.8 Å². The van der Waals surface area contributed by atoms with Gasteiger partial charge in [0.1, 0.15) is 42.3 Å². The van der Waals surface area contributed by atoms with E-state index in [2.05, 4.69) is 53.2 Å². The summed E-state index contributed by atoms with van der Waals surface area (Å²) >= 11 is 0.970. The summed E-state index contributed by atoms with van der Waals surface area (Å²) in [5.41, 5.74) is 11.7. The molecule has 388 valence electrons. The fraction of sp³-hybridized carbons (Fsp3) is 0.595. The number of nitrogens with two attached hydrogens (primary N) is 2. The average molecular weight is 1040 g/mol. The number of fused-ring (bicyclic) bond motifs is 5. The Morgan fingerprint density at radius 2 is 1.31 bits per heavy atom. The molecule has 0 spiro atoms. The third-order valence-corrected chi connectivity index (χ3v) is 13.8. The van der Waals surface area contributed by atoms with Gasteiger partial charge in [-0.2, -0.15) is 0 Å². The topological polar surface area (TPSA) is 396 Å². The Balaban J connectivity index is 2.15. The van der Waals surface area contributed by atoms with Crippen LogP contribution in [0.5, 0.6) is 0 Å². The minimum absolute atomic E-state index is 0.0581. The molecule has 2 saturated heterocycles. The highest BCUT2D eigenvalue weighted by atomic mass is 33.1. The number of nitrogens with one attached hydrogen (secondary N) is 11. The summed E-state index contributed by atoms with van der Waals surface area (Å²) in [4.78, 5) is 136. The number of hydrogen-bond acceptors (Lipinski definition) is 16. The molecule has 2 aliphatic heterocycles. The minimum Gasteiger partial charge on any atom is -0.481 e. The van der Waals surface area contributed by atoms with E-state index in [4.69, 9.17) is 21.6 Å². The van der Waals surface area contributed by atoms with E-state index in [0.29, 0.717) is 25.0 Å². The first-order valence-corrected chi connectivity index (χ1v) is 26.2. The van der Waals surface area contributed by atoms with Gasteiger partial charge in [0, 0.05) is 43.4 Å². The first-order valence-electron chi connectivity index (χ1n) is 22.6. The maximum absolute atomic E-state index is 14.4. The summed E-state index contributed by atoms with van der Waals surface area (Å²) in [6.07, 6.45) is 0.0727. The number of unbranched alkanes of at least 4 members (excludes halogenated alkanes) is 1. The molecule has 7 atom stereocenters. The quantitative estimate of drug-likeness (QED) is 0.0305. The molecule has 2 bridgehead atoms. The lowest BCUT2D eigenvalue weighted by molar-refractivity contribution is -0.141. The zero-order chi connectivity index (χ0) is 51.4. The zero-order valence-corrected chi connectivity index (χ0v) is 41.2. The van der Waals surface area contributed by atoms with Gasteiger partial charge in [0.25, 0.3) is 0 Å². The summed E-state index contributed by atoms with van der Waals surface area (Å²) in [5.74, 6) is -10.3. The predicted octanol–water partition coefficient (Wildman–Crippen LogP) is -4.10. The van der Waals surface area contributed by atoms with Crippen molar-refractivity contribution in [2.75, 3.05) is 62.4 Å². The Kier molecular flexibility index (Phi) is 26.8. The Hall–Kier alpha value is -5.84. The molecule has 16 N–H and O–H groups in total. The number of aliphatic carboxylic acids is 1. The zero-order valence-electron chi connectivity index (χ0n) is 38.8. The second kappa shape index (κ2) is 32.1. The van der Waals surface area contributed by atoms with Crippen molar-refractivity contribution in [3.05, 3.63) is 35.9 Å². The smallest absolute Gasteiger partial charge is 0.305 e. The number of thioether (sulfide) groups is 1. The van der Waals surface area contributed by atoms with Crippen molar-refractivity contribution < 1.29 is 57.8 Å². The standard InChI is InChI=1S/C42H65N13O12S3/c1-2-67-16-15-46-36(61)29-20-68-23-33(57)49-26(11-6-7-13-43)37(62)54-30-21-69-70-22-31(41(66)52-27(38(63)53-29)17-24-9-4-3-5-10-24)55-39(64)28(18-34(58)59)50-32(56)19-48-35(60)25(51-40(30)65)12-8-14-47-42(44)45/h3-5,9-10,25-31H,2,6-8,11-23,43H2,1H3,(H,46,61)(H,48,60)(H,49,57)(H,50,56)(H,51,65)(H,52,66)(H,53,63)(H,54,62)(H,55,64)(H,58,59)(H4,44,45,47)/t25-,26-,27-,28-,29-,30-,31-/m0/s1. The van der Waals surface area contributed by atoms with E-state index in [1.807, 2.05) is 0 Å². The summed E-state index contributed by atoms with van der Waals surface area (Å²) in [7, 11) is 1.93. The van der Waals surface area contributed by atoms with Crippen LogP contribution in [0.1, 0.15) is 51.0 Å². The van der Waals surface area contributed by atoms with Gasteiger partial charge in [-0.25, -0.2) is 0 Å². The van der Waals surface area contributed by atoms with Crippen LogP contribution in [0.25, 0.3) is 0 Å². The molecule has 0 radical (unpaired) electrons. The maximum atomic E-state index is 14.4. The number of benzene rings is 1. The number of carbonyl (C=O) groups excluding carboxylic acids is 9. The van der Waals surface area contributed by atoms with Gasteiger partial charge in [0.2, 0.25) is 53.2 Å². The molecule has 1 aromatic carbocycles. The molecule has 2 heterocycles. The fourth-order valence-electron chi connectivity index (χ4n) is 6.70. The normalized spacial score (nSPS) is 24.0. The van der Waals surface area contributed by atoms with Gasteiger partial charge in [-0.1, -0.05) is 51.9 Å². The van der Waals surface area contributed by atoms with Gasteiger partial charge in [-0.05, 0) is 51.1 Å². The largest absolute Gasteiger partial charge is 0.481 e. The Morgan fingerprint density at radius 1 is 0.714 bits per heavy atom. The SMILES string of the molecule is CCOCCNC(=O)[C@@H]1CSCC(=O)N[C@@H](CCCCN)C(=O)N[C@H]2CSSC[C@H](NC(=O)[C@H](CC(=O)O)NC(=O)CNC(=O)[C@H](CCCNC(=N)N)NC2=O)C(=O)N[C@@H](Cc2ccccc2)C(=O)N1. The lowest BCUT2D eigenvalue weighted by atomic mass is 10.0. The van der Waals surface area contributed by atoms with Gasteiger partial charge in [-0.3, -0.25) is 53.4 Å². The number of carbonyl (C=O) groups is 10. The van der Waals surface area contributed by atoms with E-state index in [0.717, 1.165) is 33.3 Å². The van der Waals surface area contributed by atoms with Crippen molar-refractivity contribution in [2.45, 2.75) is 94.2 Å². The monoisotopic (exact) mass is 1040 g/mol. The molecule has 1 aromatic rings.